The number of hydrogen-bond acceptors (Lipinski definition) is 2. The molecule has 0 aliphatic rings. The first-order chi connectivity index (χ1) is 7.34. The zero-order chi connectivity index (χ0) is 10.9. The van der Waals surface area contributed by atoms with Crippen molar-refractivity contribution >= 4 is 0 Å². The molecule has 0 fully saturated rings. The Morgan fingerprint density at radius 1 is 1.27 bits per heavy atom. The highest BCUT2D eigenvalue weighted by Gasteiger charge is 1.95. The van der Waals surface area contributed by atoms with Gasteiger partial charge in [0.25, 0.3) is 0 Å². The van der Waals surface area contributed by atoms with Crippen LogP contribution in [0.5, 0.6) is 0 Å². The molecule has 3 heteroatoms. The molecular weight excluding hydrogens is 186 g/mol. The van der Waals surface area contributed by atoms with Crippen LogP contribution in [-0.4, -0.2) is 22.6 Å². The van der Waals surface area contributed by atoms with Crippen molar-refractivity contribution in [3.63, 3.8) is 0 Å². The Labute approximate surface area is 92.9 Å². The van der Waals surface area contributed by atoms with Crippen LogP contribution < -0.4 is 5.32 Å². The van der Waals surface area contributed by atoms with Gasteiger partial charge in [0.05, 0.1) is 0 Å². The van der Waals surface area contributed by atoms with Crippen molar-refractivity contribution in [2.75, 3.05) is 13.1 Å². The van der Waals surface area contributed by atoms with E-state index in [9.17, 15) is 0 Å². The normalized spacial score (nSPS) is 10.8. The average molecular weight is 209 g/mol. The molecule has 0 amide bonds. The molecule has 0 radical (unpaired) electrons. The quantitative estimate of drug-likeness (QED) is 0.666. The minimum atomic E-state index is 1.08. The van der Waals surface area contributed by atoms with Gasteiger partial charge >= 0.3 is 0 Å². The van der Waals surface area contributed by atoms with E-state index in [1.54, 1.807) is 0 Å². The van der Waals surface area contributed by atoms with Crippen molar-refractivity contribution in [3.05, 3.63) is 18.2 Å². The van der Waals surface area contributed by atoms with E-state index >= 15 is 0 Å². The van der Waals surface area contributed by atoms with Crippen LogP contribution in [0.2, 0.25) is 0 Å². The summed E-state index contributed by atoms with van der Waals surface area (Å²) < 4.78 is 2.20. The van der Waals surface area contributed by atoms with Crippen LogP contribution in [0.4, 0.5) is 0 Å². The van der Waals surface area contributed by atoms with Crippen LogP contribution in [0, 0.1) is 6.92 Å². The lowest BCUT2D eigenvalue weighted by Crippen LogP contribution is -2.18. The molecule has 0 unspecified atom stereocenters. The van der Waals surface area contributed by atoms with E-state index in [2.05, 4.69) is 28.7 Å². The van der Waals surface area contributed by atoms with Crippen molar-refractivity contribution in [1.29, 1.82) is 0 Å². The van der Waals surface area contributed by atoms with Gasteiger partial charge in [-0.05, 0) is 32.9 Å². The first-order valence-corrected chi connectivity index (χ1v) is 6.03. The van der Waals surface area contributed by atoms with Gasteiger partial charge < -0.3 is 9.88 Å². The molecule has 0 aromatic carbocycles. The van der Waals surface area contributed by atoms with Crippen molar-refractivity contribution in [2.45, 2.75) is 46.1 Å². The number of nitrogens with one attached hydrogen (secondary N) is 1. The molecule has 0 bridgehead atoms. The molecule has 1 heterocycles. The number of nitrogens with zero attached hydrogens (tertiary/aromatic N) is 2. The first kappa shape index (κ1) is 12.2. The molecule has 1 aromatic rings. The molecule has 1 rings (SSSR count). The smallest absolute Gasteiger partial charge is 0.105 e. The molecule has 0 saturated carbocycles. The second kappa shape index (κ2) is 7.46. The molecule has 0 atom stereocenters. The van der Waals surface area contributed by atoms with E-state index in [0.717, 1.165) is 25.5 Å². The van der Waals surface area contributed by atoms with Crippen LogP contribution in [0.15, 0.2) is 12.4 Å². The number of rotatable bonds is 8. The number of aromatic nitrogens is 2. The third kappa shape index (κ3) is 4.98. The fourth-order valence-electron chi connectivity index (χ4n) is 1.64. The van der Waals surface area contributed by atoms with Crippen LogP contribution in [-0.2, 0) is 6.54 Å². The summed E-state index contributed by atoms with van der Waals surface area (Å²) in [5, 5.41) is 3.47. The summed E-state index contributed by atoms with van der Waals surface area (Å²) in [4.78, 5) is 4.20. The third-order valence-corrected chi connectivity index (χ3v) is 2.63. The Morgan fingerprint density at radius 2 is 2.07 bits per heavy atom. The molecule has 86 valence electrons. The van der Waals surface area contributed by atoms with Gasteiger partial charge in [-0.25, -0.2) is 4.98 Å². The van der Waals surface area contributed by atoms with Gasteiger partial charge in [-0.3, -0.25) is 0 Å². The van der Waals surface area contributed by atoms with Crippen molar-refractivity contribution in [2.24, 2.45) is 0 Å². The van der Waals surface area contributed by atoms with Crippen LogP contribution >= 0.6 is 0 Å². The average Bonchev–Trinajstić information content (AvgIpc) is 2.63. The Hall–Kier alpha value is -0.830. The minimum Gasteiger partial charge on any atom is -0.335 e. The SMILES string of the molecule is CCCCCNCCCn1ccnc1C. The topological polar surface area (TPSA) is 29.9 Å². The molecule has 0 aliphatic carbocycles. The highest BCUT2D eigenvalue weighted by Crippen LogP contribution is 1.96. The molecule has 1 N–H and O–H groups in total. The summed E-state index contributed by atoms with van der Waals surface area (Å²) in [7, 11) is 0. The van der Waals surface area contributed by atoms with Crippen molar-refractivity contribution in [1.82, 2.24) is 14.9 Å². The fourth-order valence-corrected chi connectivity index (χ4v) is 1.64. The Balaban J connectivity index is 1.96. The van der Waals surface area contributed by atoms with Gasteiger partial charge in [0.2, 0.25) is 0 Å². The molecule has 1 aromatic heterocycles. The highest BCUT2D eigenvalue weighted by molar-refractivity contribution is 4.88. The van der Waals surface area contributed by atoms with Crippen molar-refractivity contribution < 1.29 is 0 Å². The largest absolute Gasteiger partial charge is 0.335 e. The maximum Gasteiger partial charge on any atom is 0.105 e. The first-order valence-electron chi connectivity index (χ1n) is 6.03. The minimum absolute atomic E-state index is 1.08. The number of unbranched alkanes of at least 4 members (excludes halogenated alkanes) is 2. The lowest BCUT2D eigenvalue weighted by atomic mass is 10.2. The number of aryl methyl sites for hydroxylation is 2. The zero-order valence-corrected chi connectivity index (χ0v) is 10.00. The monoisotopic (exact) mass is 209 g/mol. The molecule has 0 spiro atoms. The lowest BCUT2D eigenvalue weighted by molar-refractivity contribution is 0.555. The maximum atomic E-state index is 4.20. The van der Waals surface area contributed by atoms with Crippen LogP contribution in [0.3, 0.4) is 0 Å². The van der Waals surface area contributed by atoms with Gasteiger partial charge in [-0.15, -0.1) is 0 Å². The maximum absolute atomic E-state index is 4.20. The predicted molar refractivity (Wildman–Crippen MR) is 64.0 cm³/mol. The summed E-state index contributed by atoms with van der Waals surface area (Å²) in [5.74, 6) is 1.11. The number of imidazole rings is 1. The summed E-state index contributed by atoms with van der Waals surface area (Å²) >= 11 is 0. The third-order valence-electron chi connectivity index (χ3n) is 2.63. The second-order valence-corrected chi connectivity index (χ2v) is 3.98. The predicted octanol–water partition coefficient (Wildman–Crippen LogP) is 2.36. The Morgan fingerprint density at radius 3 is 2.73 bits per heavy atom. The van der Waals surface area contributed by atoms with E-state index in [-0.39, 0.29) is 0 Å². The van der Waals surface area contributed by atoms with Gasteiger partial charge in [0, 0.05) is 18.9 Å². The summed E-state index contributed by atoms with van der Waals surface area (Å²) in [6.07, 6.45) is 9.05. The number of hydrogen-bond donors (Lipinski definition) is 1. The molecular formula is C12H23N3. The fraction of sp³-hybridized carbons (Fsp3) is 0.750. The Kier molecular flexibility index (Phi) is 6.09. The van der Waals surface area contributed by atoms with E-state index in [1.165, 1.54) is 25.7 Å². The van der Waals surface area contributed by atoms with Gasteiger partial charge in [-0.1, -0.05) is 19.8 Å². The second-order valence-electron chi connectivity index (χ2n) is 3.98. The van der Waals surface area contributed by atoms with E-state index in [1.807, 2.05) is 12.4 Å². The zero-order valence-electron chi connectivity index (χ0n) is 10.00. The molecule has 3 nitrogen and oxygen atoms in total. The summed E-state index contributed by atoms with van der Waals surface area (Å²) in [6, 6.07) is 0. The van der Waals surface area contributed by atoms with Gasteiger partial charge in [0.1, 0.15) is 5.82 Å². The van der Waals surface area contributed by atoms with Crippen LogP contribution in [0.1, 0.15) is 38.4 Å². The van der Waals surface area contributed by atoms with E-state index < -0.39 is 0 Å². The van der Waals surface area contributed by atoms with Crippen molar-refractivity contribution in [3.8, 4) is 0 Å². The standard InChI is InChI=1S/C12H23N3/c1-3-4-5-7-13-8-6-10-15-11-9-14-12(15)2/h9,11,13H,3-8,10H2,1-2H3. The summed E-state index contributed by atoms with van der Waals surface area (Å²) in [5.41, 5.74) is 0. The highest BCUT2D eigenvalue weighted by atomic mass is 15.0. The van der Waals surface area contributed by atoms with Gasteiger partial charge in [-0.2, -0.15) is 0 Å². The Bertz CT molecular complexity index is 255. The van der Waals surface area contributed by atoms with E-state index in [0.29, 0.717) is 0 Å². The summed E-state index contributed by atoms with van der Waals surface area (Å²) in [6.45, 7) is 7.64. The van der Waals surface area contributed by atoms with Gasteiger partial charge in [0.15, 0.2) is 0 Å². The molecule has 15 heavy (non-hydrogen) atoms. The van der Waals surface area contributed by atoms with Crippen LogP contribution in [0.25, 0.3) is 0 Å². The molecule has 0 aliphatic heterocycles. The molecule has 0 saturated heterocycles. The van der Waals surface area contributed by atoms with E-state index in [4.69, 9.17) is 0 Å². The lowest BCUT2D eigenvalue weighted by Gasteiger charge is -2.06.